The summed E-state index contributed by atoms with van der Waals surface area (Å²) in [5.74, 6) is 0.757. The van der Waals surface area contributed by atoms with Crippen molar-refractivity contribution in [2.45, 2.75) is 25.8 Å². The minimum absolute atomic E-state index is 0.00938. The minimum Gasteiger partial charge on any atom is -0.497 e. The van der Waals surface area contributed by atoms with Crippen LogP contribution < -0.4 is 4.74 Å². The molecule has 1 unspecified atom stereocenters. The van der Waals surface area contributed by atoms with E-state index in [2.05, 4.69) is 5.10 Å². The van der Waals surface area contributed by atoms with Gasteiger partial charge in [0.1, 0.15) is 5.75 Å². The maximum absolute atomic E-state index is 12.4. The molecule has 0 saturated carbocycles. The summed E-state index contributed by atoms with van der Waals surface area (Å²) in [4.78, 5) is 12.4. The van der Waals surface area contributed by atoms with Crippen LogP contribution >= 0.6 is 11.6 Å². The van der Waals surface area contributed by atoms with Gasteiger partial charge in [0.05, 0.1) is 18.9 Å². The molecule has 0 aliphatic carbocycles. The first-order valence-corrected chi connectivity index (χ1v) is 8.30. The fraction of sp³-hybridized carbons (Fsp3) is 0.263. The van der Waals surface area contributed by atoms with E-state index in [1.54, 1.807) is 12.1 Å². The van der Waals surface area contributed by atoms with Crippen molar-refractivity contribution in [2.75, 3.05) is 7.11 Å². The Morgan fingerprint density at radius 3 is 2.79 bits per heavy atom. The summed E-state index contributed by atoms with van der Waals surface area (Å²) in [6.45, 7) is 1.84. The zero-order chi connectivity index (χ0) is 17.1. The number of carbonyl (C=O) groups is 1. The highest BCUT2D eigenvalue weighted by atomic mass is 35.5. The van der Waals surface area contributed by atoms with E-state index in [4.69, 9.17) is 16.3 Å². The van der Waals surface area contributed by atoms with Crippen LogP contribution in [-0.4, -0.2) is 23.7 Å². The van der Waals surface area contributed by atoms with Crippen molar-refractivity contribution >= 4 is 23.2 Å². The van der Waals surface area contributed by atoms with Crippen molar-refractivity contribution < 1.29 is 9.53 Å². The van der Waals surface area contributed by atoms with E-state index in [1.807, 2.05) is 55.5 Å². The Labute approximate surface area is 146 Å². The summed E-state index contributed by atoms with van der Waals surface area (Å²) in [6, 6.07) is 15.2. The molecule has 1 aliphatic heterocycles. The van der Waals surface area contributed by atoms with Gasteiger partial charge in [0, 0.05) is 23.4 Å². The average Bonchev–Trinajstić information content (AvgIpc) is 3.06. The van der Waals surface area contributed by atoms with Gasteiger partial charge in [0.25, 0.3) is 0 Å². The van der Waals surface area contributed by atoms with Gasteiger partial charge in [0.2, 0.25) is 5.91 Å². The highest BCUT2D eigenvalue weighted by Gasteiger charge is 2.33. The molecule has 0 bridgehead atoms. The first-order valence-electron chi connectivity index (χ1n) is 7.92. The Morgan fingerprint density at radius 1 is 1.29 bits per heavy atom. The van der Waals surface area contributed by atoms with Crippen molar-refractivity contribution in [3.63, 3.8) is 0 Å². The SMILES string of the molecule is CCC(=O)N1N=C(c2ccccc2Cl)CC1c1cccc(OC)c1. The van der Waals surface area contributed by atoms with Gasteiger partial charge in [-0.1, -0.05) is 48.9 Å². The molecule has 4 nitrogen and oxygen atoms in total. The molecule has 2 aromatic rings. The van der Waals surface area contributed by atoms with Crippen molar-refractivity contribution in [1.29, 1.82) is 0 Å². The molecule has 0 fully saturated rings. The van der Waals surface area contributed by atoms with Crippen LogP contribution in [0.1, 0.15) is 36.9 Å². The van der Waals surface area contributed by atoms with E-state index < -0.39 is 0 Å². The van der Waals surface area contributed by atoms with Crippen LogP contribution in [0.25, 0.3) is 0 Å². The lowest BCUT2D eigenvalue weighted by atomic mass is 9.98. The summed E-state index contributed by atoms with van der Waals surface area (Å²) in [5.41, 5.74) is 2.70. The van der Waals surface area contributed by atoms with Crippen molar-refractivity contribution in [1.82, 2.24) is 5.01 Å². The first-order chi connectivity index (χ1) is 11.6. The molecule has 0 N–H and O–H groups in total. The maximum atomic E-state index is 12.4. The van der Waals surface area contributed by atoms with Crippen LogP contribution in [0.5, 0.6) is 5.75 Å². The van der Waals surface area contributed by atoms with Crippen LogP contribution in [0.3, 0.4) is 0 Å². The van der Waals surface area contributed by atoms with E-state index >= 15 is 0 Å². The average molecular weight is 343 g/mol. The number of hydrogen-bond acceptors (Lipinski definition) is 3. The molecule has 1 aliphatic rings. The molecular formula is C19H19ClN2O2. The third-order valence-electron chi connectivity index (χ3n) is 4.13. The molecule has 24 heavy (non-hydrogen) atoms. The number of benzene rings is 2. The molecular weight excluding hydrogens is 324 g/mol. The lowest BCUT2D eigenvalue weighted by molar-refractivity contribution is -0.132. The highest BCUT2D eigenvalue weighted by Crippen LogP contribution is 2.35. The van der Waals surface area contributed by atoms with Gasteiger partial charge in [0.15, 0.2) is 0 Å². The van der Waals surface area contributed by atoms with Gasteiger partial charge in [-0.2, -0.15) is 5.10 Å². The lowest BCUT2D eigenvalue weighted by Crippen LogP contribution is -2.26. The highest BCUT2D eigenvalue weighted by molar-refractivity contribution is 6.34. The van der Waals surface area contributed by atoms with Gasteiger partial charge in [-0.15, -0.1) is 0 Å². The second kappa shape index (κ2) is 7.05. The second-order valence-electron chi connectivity index (χ2n) is 5.61. The molecule has 1 heterocycles. The zero-order valence-electron chi connectivity index (χ0n) is 13.7. The van der Waals surface area contributed by atoms with Gasteiger partial charge in [-0.3, -0.25) is 4.79 Å². The predicted octanol–water partition coefficient (Wildman–Crippen LogP) is 4.44. The van der Waals surface area contributed by atoms with Crippen LogP contribution in [0.2, 0.25) is 5.02 Å². The van der Waals surface area contributed by atoms with Gasteiger partial charge < -0.3 is 4.74 Å². The number of hydrazone groups is 1. The Balaban J connectivity index is 1.98. The quantitative estimate of drug-likeness (QED) is 0.824. The maximum Gasteiger partial charge on any atom is 0.242 e. The standard InChI is InChI=1S/C19H19ClN2O2/c1-3-19(23)22-18(13-7-6-8-14(11-13)24-2)12-17(21-22)15-9-4-5-10-16(15)20/h4-11,18H,3,12H2,1-2H3. The Kier molecular flexibility index (Phi) is 4.86. The zero-order valence-corrected chi connectivity index (χ0v) is 14.5. The minimum atomic E-state index is -0.140. The molecule has 0 radical (unpaired) electrons. The van der Waals surface area contributed by atoms with Crippen molar-refractivity contribution in [3.8, 4) is 5.75 Å². The predicted molar refractivity (Wildman–Crippen MR) is 95.5 cm³/mol. The Bertz CT molecular complexity index is 788. The number of rotatable bonds is 4. The molecule has 0 saturated heterocycles. The number of hydrogen-bond donors (Lipinski definition) is 0. The summed E-state index contributed by atoms with van der Waals surface area (Å²) >= 11 is 6.30. The first kappa shape index (κ1) is 16.5. The van der Waals surface area contributed by atoms with E-state index in [9.17, 15) is 4.79 Å². The summed E-state index contributed by atoms with van der Waals surface area (Å²) in [7, 11) is 1.63. The fourth-order valence-corrected chi connectivity index (χ4v) is 3.11. The van der Waals surface area contributed by atoms with E-state index in [0.717, 1.165) is 22.6 Å². The second-order valence-corrected chi connectivity index (χ2v) is 6.02. The largest absolute Gasteiger partial charge is 0.497 e. The fourth-order valence-electron chi connectivity index (χ4n) is 2.87. The number of halogens is 1. The van der Waals surface area contributed by atoms with Gasteiger partial charge in [-0.25, -0.2) is 5.01 Å². The van der Waals surface area contributed by atoms with Crippen molar-refractivity contribution in [3.05, 3.63) is 64.7 Å². The van der Waals surface area contributed by atoms with Crippen LogP contribution in [0.15, 0.2) is 53.6 Å². The molecule has 2 aromatic carbocycles. The summed E-state index contributed by atoms with van der Waals surface area (Å²) < 4.78 is 5.31. The van der Waals surface area contributed by atoms with Crippen LogP contribution in [-0.2, 0) is 4.79 Å². The monoisotopic (exact) mass is 342 g/mol. The van der Waals surface area contributed by atoms with Crippen molar-refractivity contribution in [2.24, 2.45) is 5.10 Å². The van der Waals surface area contributed by atoms with Gasteiger partial charge in [-0.05, 0) is 23.8 Å². The normalized spacial score (nSPS) is 16.9. The van der Waals surface area contributed by atoms with E-state index in [1.165, 1.54) is 0 Å². The van der Waals surface area contributed by atoms with E-state index in [-0.39, 0.29) is 11.9 Å². The number of nitrogens with zero attached hydrogens (tertiary/aromatic N) is 2. The van der Waals surface area contributed by atoms with Crippen LogP contribution in [0.4, 0.5) is 0 Å². The number of methoxy groups -OCH3 is 1. The number of ether oxygens (including phenoxy) is 1. The van der Waals surface area contributed by atoms with Gasteiger partial charge >= 0.3 is 0 Å². The summed E-state index contributed by atoms with van der Waals surface area (Å²) in [5, 5.41) is 6.80. The molecule has 3 rings (SSSR count). The Morgan fingerprint density at radius 2 is 2.08 bits per heavy atom. The molecule has 0 spiro atoms. The molecule has 1 atom stereocenters. The molecule has 124 valence electrons. The molecule has 5 heteroatoms. The molecule has 1 amide bonds. The third kappa shape index (κ3) is 3.15. The smallest absolute Gasteiger partial charge is 0.242 e. The van der Waals surface area contributed by atoms with E-state index in [0.29, 0.717) is 17.9 Å². The number of amides is 1. The molecule has 0 aromatic heterocycles. The topological polar surface area (TPSA) is 41.9 Å². The Hall–Kier alpha value is -2.33. The number of carbonyl (C=O) groups excluding carboxylic acids is 1. The van der Waals surface area contributed by atoms with Crippen LogP contribution in [0, 0.1) is 0 Å². The summed E-state index contributed by atoms with van der Waals surface area (Å²) in [6.07, 6.45) is 1.03. The lowest BCUT2D eigenvalue weighted by Gasteiger charge is -2.21. The third-order valence-corrected chi connectivity index (χ3v) is 4.46.